The number of nitrogens with zero attached hydrogens (tertiary/aromatic N) is 4. The second kappa shape index (κ2) is 9.90. The monoisotopic (exact) mass is 493 g/mol. The van der Waals surface area contributed by atoms with Crippen molar-refractivity contribution >= 4 is 28.3 Å². The molecule has 37 heavy (non-hydrogen) atoms. The van der Waals surface area contributed by atoms with Gasteiger partial charge in [0.25, 0.3) is 11.5 Å². The van der Waals surface area contributed by atoms with Gasteiger partial charge in [0.05, 0.1) is 33.8 Å². The fourth-order valence-electron chi connectivity index (χ4n) is 4.10. The number of aromatic nitrogens is 4. The van der Waals surface area contributed by atoms with Crippen LogP contribution in [0.4, 0.5) is 5.69 Å². The Bertz CT molecular complexity index is 1670. The van der Waals surface area contributed by atoms with E-state index in [1.54, 1.807) is 60.1 Å². The second-order valence-corrected chi connectivity index (χ2v) is 8.36. The van der Waals surface area contributed by atoms with Gasteiger partial charge in [-0.1, -0.05) is 54.6 Å². The Kier molecular flexibility index (Phi) is 6.34. The molecule has 0 saturated heterocycles. The first kappa shape index (κ1) is 23.7. The number of ether oxygens (including phenoxy) is 1. The molecule has 9 nitrogen and oxygen atoms in total. The minimum absolute atomic E-state index is 0.0592. The summed E-state index contributed by atoms with van der Waals surface area (Å²) < 4.78 is 8.21. The highest BCUT2D eigenvalue weighted by Crippen LogP contribution is 2.23. The Morgan fingerprint density at radius 2 is 1.35 bits per heavy atom. The summed E-state index contributed by atoms with van der Waals surface area (Å²) >= 11 is 0. The average molecular weight is 494 g/mol. The molecular formula is C28H23N5O4. The van der Waals surface area contributed by atoms with Crippen molar-refractivity contribution in [3.63, 3.8) is 0 Å². The van der Waals surface area contributed by atoms with Crippen LogP contribution in [0.1, 0.15) is 21.9 Å². The molecule has 1 N–H and O–H groups in total. The molecule has 5 rings (SSSR count). The smallest absolute Gasteiger partial charge is 0.359 e. The van der Waals surface area contributed by atoms with E-state index in [0.29, 0.717) is 27.8 Å². The molecule has 0 radical (unpaired) electrons. The molecule has 0 saturated carbocycles. The fraction of sp³-hybridized carbons (Fsp3) is 0.107. The number of nitrogens with one attached hydrogen (secondary N) is 1. The Morgan fingerprint density at radius 1 is 0.784 bits per heavy atom. The Hall–Kier alpha value is -5.05. The van der Waals surface area contributed by atoms with Gasteiger partial charge in [-0.15, -0.1) is 0 Å². The van der Waals surface area contributed by atoms with Crippen LogP contribution in [0.5, 0.6) is 0 Å². The van der Waals surface area contributed by atoms with Crippen LogP contribution in [0, 0.1) is 13.8 Å². The molecule has 1 amide bonds. The number of aryl methyl sites for hydroxylation is 1. The zero-order valence-electron chi connectivity index (χ0n) is 20.2. The quantitative estimate of drug-likeness (QED) is 0.359. The van der Waals surface area contributed by atoms with E-state index in [2.05, 4.69) is 15.5 Å². The van der Waals surface area contributed by atoms with Crippen molar-refractivity contribution in [1.82, 2.24) is 19.6 Å². The van der Waals surface area contributed by atoms with Crippen molar-refractivity contribution in [1.29, 1.82) is 0 Å². The van der Waals surface area contributed by atoms with Gasteiger partial charge in [0.2, 0.25) is 0 Å². The molecule has 2 aromatic heterocycles. The molecule has 9 heteroatoms. The molecule has 0 aliphatic carbocycles. The third kappa shape index (κ3) is 4.62. The van der Waals surface area contributed by atoms with Gasteiger partial charge in [-0.25, -0.2) is 9.48 Å². The predicted molar refractivity (Wildman–Crippen MR) is 139 cm³/mol. The normalized spacial score (nSPS) is 10.9. The summed E-state index contributed by atoms with van der Waals surface area (Å²) in [4.78, 5) is 38.8. The number of benzene rings is 3. The summed E-state index contributed by atoms with van der Waals surface area (Å²) in [7, 11) is 0. The minimum atomic E-state index is -0.815. The first-order valence-electron chi connectivity index (χ1n) is 11.6. The number of esters is 1. The average Bonchev–Trinajstić information content (AvgIpc) is 3.21. The zero-order chi connectivity index (χ0) is 25.9. The summed E-state index contributed by atoms with van der Waals surface area (Å²) in [5.74, 6) is -1.34. The SMILES string of the molecule is Cc1nn(-c2ccccc2)c(C)c1NC(=O)COC(=O)c1nn(-c2ccccc2)c(=O)c2ccccc12. The Labute approximate surface area is 211 Å². The minimum Gasteiger partial charge on any atom is -0.451 e. The molecule has 184 valence electrons. The summed E-state index contributed by atoms with van der Waals surface area (Å²) in [5.41, 5.74) is 2.86. The van der Waals surface area contributed by atoms with Crippen molar-refractivity contribution in [3.05, 3.63) is 112 Å². The number of fused-ring (bicyclic) bond motifs is 1. The van der Waals surface area contributed by atoms with E-state index in [4.69, 9.17) is 4.74 Å². The van der Waals surface area contributed by atoms with Crippen molar-refractivity contribution < 1.29 is 14.3 Å². The van der Waals surface area contributed by atoms with Gasteiger partial charge in [0, 0.05) is 5.39 Å². The zero-order valence-corrected chi connectivity index (χ0v) is 20.2. The van der Waals surface area contributed by atoms with E-state index in [9.17, 15) is 14.4 Å². The highest BCUT2D eigenvalue weighted by molar-refractivity contribution is 6.03. The molecule has 0 spiro atoms. The van der Waals surface area contributed by atoms with E-state index in [1.807, 2.05) is 43.3 Å². The van der Waals surface area contributed by atoms with Crippen molar-refractivity contribution in [3.8, 4) is 11.4 Å². The number of para-hydroxylation sites is 2. The lowest BCUT2D eigenvalue weighted by Gasteiger charge is -2.11. The topological polar surface area (TPSA) is 108 Å². The number of hydrogen-bond acceptors (Lipinski definition) is 6. The molecule has 0 unspecified atom stereocenters. The van der Waals surface area contributed by atoms with E-state index in [-0.39, 0.29) is 11.3 Å². The van der Waals surface area contributed by atoms with E-state index in [0.717, 1.165) is 16.1 Å². The predicted octanol–water partition coefficient (Wildman–Crippen LogP) is 3.98. The number of rotatable bonds is 6. The number of amides is 1. The van der Waals surface area contributed by atoms with Crippen LogP contribution in [0.15, 0.2) is 89.7 Å². The number of carbonyl (C=O) groups excluding carboxylic acids is 2. The lowest BCUT2D eigenvalue weighted by molar-refractivity contribution is -0.119. The highest BCUT2D eigenvalue weighted by Gasteiger charge is 2.21. The second-order valence-electron chi connectivity index (χ2n) is 8.36. The highest BCUT2D eigenvalue weighted by atomic mass is 16.5. The summed E-state index contributed by atoms with van der Waals surface area (Å²) in [6.07, 6.45) is 0. The third-order valence-corrected chi connectivity index (χ3v) is 5.89. The Morgan fingerprint density at radius 3 is 2.00 bits per heavy atom. The standard InChI is InChI=1S/C28H23N5O4/c1-18-25(19(2)32(30-18)20-11-5-3-6-12-20)29-24(34)17-37-28(36)26-22-15-9-10-16-23(22)27(35)33(31-26)21-13-7-4-8-14-21/h3-16H,17H2,1-2H3,(H,29,34). The first-order chi connectivity index (χ1) is 17.9. The van der Waals surface area contributed by atoms with Crippen LogP contribution in [0.3, 0.4) is 0 Å². The molecule has 0 atom stereocenters. The van der Waals surface area contributed by atoms with Crippen molar-refractivity contribution in [2.75, 3.05) is 11.9 Å². The van der Waals surface area contributed by atoms with E-state index in [1.165, 1.54) is 0 Å². The summed E-state index contributed by atoms with van der Waals surface area (Å²) in [6, 6.07) is 25.0. The lowest BCUT2D eigenvalue weighted by Crippen LogP contribution is -2.27. The van der Waals surface area contributed by atoms with Crippen LogP contribution in [0.2, 0.25) is 0 Å². The fourth-order valence-corrected chi connectivity index (χ4v) is 4.10. The number of carbonyl (C=O) groups is 2. The maximum absolute atomic E-state index is 13.0. The van der Waals surface area contributed by atoms with Gasteiger partial charge in [0.1, 0.15) is 0 Å². The summed E-state index contributed by atoms with van der Waals surface area (Å²) in [5, 5.41) is 12.2. The third-order valence-electron chi connectivity index (χ3n) is 5.89. The molecular weight excluding hydrogens is 470 g/mol. The Balaban J connectivity index is 1.37. The molecule has 2 heterocycles. The van der Waals surface area contributed by atoms with Crippen LogP contribution < -0.4 is 10.9 Å². The van der Waals surface area contributed by atoms with Crippen LogP contribution in [-0.4, -0.2) is 38.0 Å². The van der Waals surface area contributed by atoms with Crippen LogP contribution in [0.25, 0.3) is 22.1 Å². The van der Waals surface area contributed by atoms with Crippen LogP contribution >= 0.6 is 0 Å². The van der Waals surface area contributed by atoms with Gasteiger partial charge in [-0.3, -0.25) is 9.59 Å². The van der Waals surface area contributed by atoms with Crippen LogP contribution in [-0.2, 0) is 9.53 Å². The van der Waals surface area contributed by atoms with Gasteiger partial charge in [-0.05, 0) is 44.2 Å². The molecule has 0 bridgehead atoms. The van der Waals surface area contributed by atoms with Gasteiger partial charge in [0.15, 0.2) is 12.3 Å². The molecule has 3 aromatic carbocycles. The molecule has 5 aromatic rings. The van der Waals surface area contributed by atoms with E-state index < -0.39 is 18.5 Å². The first-order valence-corrected chi connectivity index (χ1v) is 11.6. The lowest BCUT2D eigenvalue weighted by atomic mass is 10.1. The maximum Gasteiger partial charge on any atom is 0.359 e. The number of hydrogen-bond donors (Lipinski definition) is 1. The molecule has 0 fully saturated rings. The van der Waals surface area contributed by atoms with E-state index >= 15 is 0 Å². The molecule has 0 aliphatic heterocycles. The molecule has 0 aliphatic rings. The van der Waals surface area contributed by atoms with Gasteiger partial charge < -0.3 is 10.1 Å². The van der Waals surface area contributed by atoms with Gasteiger partial charge >= 0.3 is 5.97 Å². The van der Waals surface area contributed by atoms with Crippen molar-refractivity contribution in [2.24, 2.45) is 0 Å². The largest absolute Gasteiger partial charge is 0.451 e. The summed E-state index contributed by atoms with van der Waals surface area (Å²) in [6.45, 7) is 3.10. The number of anilines is 1. The maximum atomic E-state index is 13.0. The van der Waals surface area contributed by atoms with Crippen molar-refractivity contribution in [2.45, 2.75) is 13.8 Å². The van der Waals surface area contributed by atoms with Gasteiger partial charge in [-0.2, -0.15) is 14.9 Å².